The molecule has 0 aliphatic heterocycles. The van der Waals surface area contributed by atoms with Crippen LogP contribution < -0.4 is 15.2 Å². The van der Waals surface area contributed by atoms with Gasteiger partial charge in [0.1, 0.15) is 17.3 Å². The highest BCUT2D eigenvalue weighted by Crippen LogP contribution is 2.18. The van der Waals surface area contributed by atoms with Gasteiger partial charge in [0.25, 0.3) is 0 Å². The Morgan fingerprint density at radius 2 is 1.80 bits per heavy atom. The fourth-order valence-electron chi connectivity index (χ4n) is 1.89. The summed E-state index contributed by atoms with van der Waals surface area (Å²) in [6, 6.07) is 15.2. The van der Waals surface area contributed by atoms with E-state index < -0.39 is 0 Å². The molecule has 0 saturated carbocycles. The number of rotatable bonds is 6. The zero-order chi connectivity index (χ0) is 14.4. The van der Waals surface area contributed by atoms with Gasteiger partial charge in [0.05, 0.1) is 19.3 Å². The van der Waals surface area contributed by atoms with Gasteiger partial charge in [-0.2, -0.15) is 0 Å². The molecule has 0 radical (unpaired) electrons. The summed E-state index contributed by atoms with van der Waals surface area (Å²) >= 11 is 0. The number of amidine groups is 1. The molecule has 20 heavy (non-hydrogen) atoms. The standard InChI is InChI=1S/C16H18N2O2/c1-19-13-8-6-12(7-9-13)10-11-20-15-5-3-2-4-14(15)16(17)18/h2-9H,10-11H2,1H3,(H3,17,18). The summed E-state index contributed by atoms with van der Waals surface area (Å²) in [6.45, 7) is 0.538. The van der Waals surface area contributed by atoms with Gasteiger partial charge in [-0.15, -0.1) is 0 Å². The van der Waals surface area contributed by atoms with Gasteiger partial charge in [-0.1, -0.05) is 24.3 Å². The van der Waals surface area contributed by atoms with Crippen LogP contribution in [0.2, 0.25) is 0 Å². The lowest BCUT2D eigenvalue weighted by molar-refractivity contribution is 0.321. The maximum absolute atomic E-state index is 7.50. The first-order valence-corrected chi connectivity index (χ1v) is 6.40. The summed E-state index contributed by atoms with van der Waals surface area (Å²) in [6.07, 6.45) is 0.788. The molecule has 0 aliphatic rings. The molecule has 0 fully saturated rings. The first-order chi connectivity index (χ1) is 9.70. The maximum atomic E-state index is 7.50. The van der Waals surface area contributed by atoms with Gasteiger partial charge < -0.3 is 15.2 Å². The van der Waals surface area contributed by atoms with Crippen molar-refractivity contribution in [1.29, 1.82) is 5.41 Å². The van der Waals surface area contributed by atoms with Crippen LogP contribution in [0.15, 0.2) is 48.5 Å². The molecule has 0 saturated heterocycles. The quantitative estimate of drug-likeness (QED) is 0.626. The Kier molecular flexibility index (Phi) is 4.60. The Hall–Kier alpha value is -2.49. The van der Waals surface area contributed by atoms with Crippen LogP contribution in [-0.4, -0.2) is 19.6 Å². The van der Waals surface area contributed by atoms with Crippen molar-refractivity contribution in [2.24, 2.45) is 5.73 Å². The Labute approximate surface area is 118 Å². The molecule has 3 N–H and O–H groups in total. The molecular weight excluding hydrogens is 252 g/mol. The summed E-state index contributed by atoms with van der Waals surface area (Å²) in [5.41, 5.74) is 7.32. The molecule has 2 rings (SSSR count). The average molecular weight is 270 g/mol. The Bertz CT molecular complexity index is 579. The molecule has 0 amide bonds. The molecule has 0 heterocycles. The highest BCUT2D eigenvalue weighted by Gasteiger charge is 2.05. The lowest BCUT2D eigenvalue weighted by atomic mass is 10.1. The van der Waals surface area contributed by atoms with Gasteiger partial charge in [0.15, 0.2) is 0 Å². The largest absolute Gasteiger partial charge is 0.497 e. The van der Waals surface area contributed by atoms with Crippen LogP contribution in [0.3, 0.4) is 0 Å². The third-order valence-corrected chi connectivity index (χ3v) is 2.98. The minimum absolute atomic E-state index is 0.0186. The zero-order valence-corrected chi connectivity index (χ0v) is 11.4. The highest BCUT2D eigenvalue weighted by atomic mass is 16.5. The van der Waals surface area contributed by atoms with E-state index in [-0.39, 0.29) is 5.84 Å². The topological polar surface area (TPSA) is 68.3 Å². The highest BCUT2D eigenvalue weighted by molar-refractivity contribution is 5.97. The second-order valence-electron chi connectivity index (χ2n) is 4.36. The van der Waals surface area contributed by atoms with Crippen molar-refractivity contribution >= 4 is 5.84 Å². The van der Waals surface area contributed by atoms with E-state index in [2.05, 4.69) is 0 Å². The van der Waals surface area contributed by atoms with Crippen LogP contribution in [0, 0.1) is 5.41 Å². The molecule has 0 spiro atoms. The van der Waals surface area contributed by atoms with Gasteiger partial charge >= 0.3 is 0 Å². The van der Waals surface area contributed by atoms with Crippen LogP contribution in [-0.2, 0) is 6.42 Å². The van der Waals surface area contributed by atoms with Crippen LogP contribution in [0.1, 0.15) is 11.1 Å². The second kappa shape index (κ2) is 6.61. The number of hydrogen-bond acceptors (Lipinski definition) is 3. The second-order valence-corrected chi connectivity index (χ2v) is 4.36. The van der Waals surface area contributed by atoms with Gasteiger partial charge in [0.2, 0.25) is 0 Å². The SMILES string of the molecule is COc1ccc(CCOc2ccccc2C(=N)N)cc1. The Morgan fingerprint density at radius 3 is 2.45 bits per heavy atom. The molecule has 0 atom stereocenters. The maximum Gasteiger partial charge on any atom is 0.130 e. The van der Waals surface area contributed by atoms with Gasteiger partial charge in [-0.3, -0.25) is 5.41 Å². The third-order valence-electron chi connectivity index (χ3n) is 2.98. The fraction of sp³-hybridized carbons (Fsp3) is 0.188. The molecule has 0 unspecified atom stereocenters. The van der Waals surface area contributed by atoms with E-state index in [1.165, 1.54) is 5.56 Å². The van der Waals surface area contributed by atoms with Crippen molar-refractivity contribution in [1.82, 2.24) is 0 Å². The Morgan fingerprint density at radius 1 is 1.10 bits per heavy atom. The van der Waals surface area contributed by atoms with Crippen molar-refractivity contribution in [3.63, 3.8) is 0 Å². The van der Waals surface area contributed by atoms with E-state index in [4.69, 9.17) is 20.6 Å². The van der Waals surface area contributed by atoms with Crippen LogP contribution in [0.4, 0.5) is 0 Å². The number of hydrogen-bond donors (Lipinski definition) is 2. The number of methoxy groups -OCH3 is 1. The first kappa shape index (κ1) is 13.9. The molecule has 0 aromatic heterocycles. The smallest absolute Gasteiger partial charge is 0.130 e. The number of ether oxygens (including phenoxy) is 2. The molecule has 0 aliphatic carbocycles. The molecular formula is C16H18N2O2. The first-order valence-electron chi connectivity index (χ1n) is 6.40. The van der Waals surface area contributed by atoms with Crippen LogP contribution >= 0.6 is 0 Å². The van der Waals surface area contributed by atoms with Gasteiger partial charge in [-0.05, 0) is 29.8 Å². The number of nitrogen functional groups attached to an aromatic ring is 1. The molecule has 0 bridgehead atoms. The van der Waals surface area contributed by atoms with Crippen LogP contribution in [0.25, 0.3) is 0 Å². The van der Waals surface area contributed by atoms with E-state index >= 15 is 0 Å². The van der Waals surface area contributed by atoms with Crippen molar-refractivity contribution in [3.05, 3.63) is 59.7 Å². The predicted molar refractivity (Wildman–Crippen MR) is 79.7 cm³/mol. The van der Waals surface area contributed by atoms with Crippen molar-refractivity contribution < 1.29 is 9.47 Å². The van der Waals surface area contributed by atoms with E-state index in [1.807, 2.05) is 42.5 Å². The monoisotopic (exact) mass is 270 g/mol. The lowest BCUT2D eigenvalue weighted by Crippen LogP contribution is -2.13. The van der Waals surface area contributed by atoms with Gasteiger partial charge in [-0.25, -0.2) is 0 Å². The molecule has 4 heteroatoms. The number of para-hydroxylation sites is 1. The van der Waals surface area contributed by atoms with Gasteiger partial charge in [0, 0.05) is 6.42 Å². The predicted octanol–water partition coefficient (Wildman–Crippen LogP) is 2.60. The minimum Gasteiger partial charge on any atom is -0.497 e. The normalized spacial score (nSPS) is 10.1. The number of benzene rings is 2. The van der Waals surface area contributed by atoms with Crippen molar-refractivity contribution in [2.45, 2.75) is 6.42 Å². The van der Waals surface area contributed by atoms with Crippen molar-refractivity contribution in [2.75, 3.05) is 13.7 Å². The molecule has 4 nitrogen and oxygen atoms in total. The lowest BCUT2D eigenvalue weighted by Gasteiger charge is -2.10. The van der Waals surface area contributed by atoms with E-state index in [9.17, 15) is 0 Å². The average Bonchev–Trinajstić information content (AvgIpc) is 2.48. The van der Waals surface area contributed by atoms with Crippen LogP contribution in [0.5, 0.6) is 11.5 Å². The molecule has 2 aromatic rings. The minimum atomic E-state index is 0.0186. The number of nitrogens with two attached hydrogens (primary N) is 1. The Balaban J connectivity index is 1.94. The van der Waals surface area contributed by atoms with E-state index in [0.717, 1.165) is 12.2 Å². The van der Waals surface area contributed by atoms with Crippen molar-refractivity contribution in [3.8, 4) is 11.5 Å². The molecule has 104 valence electrons. The number of nitrogens with one attached hydrogen (secondary N) is 1. The molecule has 2 aromatic carbocycles. The van der Waals surface area contributed by atoms with E-state index in [0.29, 0.717) is 17.9 Å². The third kappa shape index (κ3) is 3.51. The fourth-order valence-corrected chi connectivity index (χ4v) is 1.89. The van der Waals surface area contributed by atoms with E-state index in [1.54, 1.807) is 13.2 Å². The summed E-state index contributed by atoms with van der Waals surface area (Å²) in [4.78, 5) is 0. The summed E-state index contributed by atoms with van der Waals surface area (Å²) in [5.74, 6) is 1.51. The summed E-state index contributed by atoms with van der Waals surface area (Å²) in [7, 11) is 1.65. The zero-order valence-electron chi connectivity index (χ0n) is 11.4. The summed E-state index contributed by atoms with van der Waals surface area (Å²) < 4.78 is 10.8. The summed E-state index contributed by atoms with van der Waals surface area (Å²) in [5, 5.41) is 7.50.